The Bertz CT molecular complexity index is 733. The molecule has 1 aromatic heterocycles. The maximum absolute atomic E-state index is 11.9. The van der Waals surface area contributed by atoms with Crippen molar-refractivity contribution < 1.29 is 19.1 Å². The van der Waals surface area contributed by atoms with Gasteiger partial charge in [0.05, 0.1) is 0 Å². The highest BCUT2D eigenvalue weighted by atomic mass is 16.5. The Morgan fingerprint density at radius 1 is 1.24 bits per heavy atom. The second-order valence-corrected chi connectivity index (χ2v) is 4.71. The van der Waals surface area contributed by atoms with E-state index >= 15 is 0 Å². The van der Waals surface area contributed by atoms with Crippen LogP contribution in [0.2, 0.25) is 0 Å². The molecule has 7 heteroatoms. The number of benzene rings is 1. The van der Waals surface area contributed by atoms with Gasteiger partial charge in [0.25, 0.3) is 5.91 Å². The smallest absolute Gasteiger partial charge is 0.355 e. The van der Waals surface area contributed by atoms with Gasteiger partial charge in [-0.15, -0.1) is 0 Å². The first-order valence-corrected chi connectivity index (χ1v) is 6.23. The summed E-state index contributed by atoms with van der Waals surface area (Å²) in [5.41, 5.74) is 7.94. The van der Waals surface area contributed by atoms with Crippen LogP contribution in [0.25, 0.3) is 10.9 Å². The molecule has 2 aromatic rings. The SMILES string of the molecule is Cc1cc(C)c2cc(C(=O)OCC(=O)NC(N)=O)[nH]c2c1. The Kier molecular flexibility index (Phi) is 3.93. The highest BCUT2D eigenvalue weighted by Gasteiger charge is 2.14. The zero-order valence-corrected chi connectivity index (χ0v) is 11.6. The number of H-pyrrole nitrogens is 1. The lowest BCUT2D eigenvalue weighted by Crippen LogP contribution is -2.37. The highest BCUT2D eigenvalue weighted by Crippen LogP contribution is 2.21. The fraction of sp³-hybridized carbons (Fsp3) is 0.214. The molecule has 7 nitrogen and oxygen atoms in total. The summed E-state index contributed by atoms with van der Waals surface area (Å²) in [7, 11) is 0. The van der Waals surface area contributed by atoms with E-state index in [2.05, 4.69) is 4.98 Å². The first kappa shape index (κ1) is 14.6. The van der Waals surface area contributed by atoms with Crippen LogP contribution < -0.4 is 11.1 Å². The number of nitrogens with two attached hydrogens (primary N) is 1. The molecule has 0 atom stereocenters. The lowest BCUT2D eigenvalue weighted by atomic mass is 10.1. The fourth-order valence-corrected chi connectivity index (χ4v) is 2.09. The number of amides is 3. The van der Waals surface area contributed by atoms with Gasteiger partial charge in [0.1, 0.15) is 5.69 Å². The Morgan fingerprint density at radius 2 is 1.95 bits per heavy atom. The van der Waals surface area contributed by atoms with Gasteiger partial charge in [0.2, 0.25) is 0 Å². The quantitative estimate of drug-likeness (QED) is 0.735. The van der Waals surface area contributed by atoms with Crippen molar-refractivity contribution in [1.29, 1.82) is 0 Å². The molecule has 0 radical (unpaired) electrons. The molecule has 21 heavy (non-hydrogen) atoms. The van der Waals surface area contributed by atoms with Crippen LogP contribution in [-0.4, -0.2) is 29.5 Å². The standard InChI is InChI=1S/C14H15N3O4/c1-7-3-8(2)9-5-11(16-10(9)4-7)13(19)21-6-12(18)17-14(15)20/h3-5,16H,6H2,1-2H3,(H3,15,17,18,20). The number of aromatic nitrogens is 1. The zero-order chi connectivity index (χ0) is 15.6. The maximum atomic E-state index is 11.9. The Labute approximate surface area is 120 Å². The molecule has 110 valence electrons. The molecule has 4 N–H and O–H groups in total. The van der Waals surface area contributed by atoms with Crippen LogP contribution in [-0.2, 0) is 9.53 Å². The van der Waals surface area contributed by atoms with Crippen molar-refractivity contribution in [3.05, 3.63) is 35.0 Å². The molecule has 0 aliphatic carbocycles. The van der Waals surface area contributed by atoms with Crippen molar-refractivity contribution in [1.82, 2.24) is 10.3 Å². The van der Waals surface area contributed by atoms with Crippen LogP contribution in [0, 0.1) is 13.8 Å². The molecule has 3 amide bonds. The number of fused-ring (bicyclic) bond motifs is 1. The molecule has 0 aliphatic rings. The minimum absolute atomic E-state index is 0.241. The van der Waals surface area contributed by atoms with Gasteiger partial charge in [-0.2, -0.15) is 0 Å². The summed E-state index contributed by atoms with van der Waals surface area (Å²) in [6.45, 7) is 3.33. The molecular weight excluding hydrogens is 274 g/mol. The van der Waals surface area contributed by atoms with E-state index in [4.69, 9.17) is 10.5 Å². The number of hydrogen-bond acceptors (Lipinski definition) is 4. The number of urea groups is 1. The summed E-state index contributed by atoms with van der Waals surface area (Å²) in [6.07, 6.45) is 0. The topological polar surface area (TPSA) is 114 Å². The van der Waals surface area contributed by atoms with Gasteiger partial charge in [-0.05, 0) is 37.1 Å². The average molecular weight is 289 g/mol. The highest BCUT2D eigenvalue weighted by molar-refractivity contribution is 5.98. The molecule has 2 rings (SSSR count). The number of hydrogen-bond donors (Lipinski definition) is 3. The van der Waals surface area contributed by atoms with Crippen LogP contribution in [0.1, 0.15) is 21.6 Å². The lowest BCUT2D eigenvalue weighted by molar-refractivity contribution is -0.123. The van der Waals surface area contributed by atoms with E-state index in [1.807, 2.05) is 26.0 Å². The molecule has 0 fully saturated rings. The first-order valence-electron chi connectivity index (χ1n) is 6.23. The third kappa shape index (κ3) is 3.38. The van der Waals surface area contributed by atoms with Gasteiger partial charge in [0.15, 0.2) is 6.61 Å². The normalized spacial score (nSPS) is 10.4. The van der Waals surface area contributed by atoms with E-state index in [1.165, 1.54) is 0 Å². The predicted molar refractivity (Wildman–Crippen MR) is 75.8 cm³/mol. The van der Waals surface area contributed by atoms with Gasteiger partial charge < -0.3 is 15.5 Å². The number of carbonyl (C=O) groups is 3. The summed E-state index contributed by atoms with van der Waals surface area (Å²) in [5, 5.41) is 2.72. The number of esters is 1. The molecule has 0 saturated carbocycles. The number of aromatic amines is 1. The fourth-order valence-electron chi connectivity index (χ4n) is 2.09. The van der Waals surface area contributed by atoms with E-state index in [0.29, 0.717) is 0 Å². The van der Waals surface area contributed by atoms with Crippen molar-refractivity contribution in [3.8, 4) is 0 Å². The lowest BCUT2D eigenvalue weighted by Gasteiger charge is -2.02. The Hall–Kier alpha value is -2.83. The summed E-state index contributed by atoms with van der Waals surface area (Å²) >= 11 is 0. The van der Waals surface area contributed by atoms with Crippen molar-refractivity contribution in [2.24, 2.45) is 5.73 Å². The van der Waals surface area contributed by atoms with E-state index in [-0.39, 0.29) is 5.69 Å². The van der Waals surface area contributed by atoms with Crippen LogP contribution in [0.4, 0.5) is 4.79 Å². The Morgan fingerprint density at radius 3 is 2.62 bits per heavy atom. The number of nitrogens with one attached hydrogen (secondary N) is 2. The molecule has 0 spiro atoms. The minimum atomic E-state index is -0.993. The van der Waals surface area contributed by atoms with Gasteiger partial charge in [-0.25, -0.2) is 9.59 Å². The number of imide groups is 1. The average Bonchev–Trinajstić information content (AvgIpc) is 2.79. The molecule has 0 bridgehead atoms. The van der Waals surface area contributed by atoms with E-state index in [9.17, 15) is 14.4 Å². The second kappa shape index (κ2) is 5.66. The summed E-state index contributed by atoms with van der Waals surface area (Å²) < 4.78 is 4.80. The third-order valence-electron chi connectivity index (χ3n) is 2.91. The first-order chi connectivity index (χ1) is 9.86. The second-order valence-electron chi connectivity index (χ2n) is 4.71. The largest absolute Gasteiger partial charge is 0.451 e. The van der Waals surface area contributed by atoms with Crippen LogP contribution in [0.15, 0.2) is 18.2 Å². The maximum Gasteiger partial charge on any atom is 0.355 e. The van der Waals surface area contributed by atoms with Crippen LogP contribution in [0.5, 0.6) is 0 Å². The van der Waals surface area contributed by atoms with Crippen LogP contribution >= 0.6 is 0 Å². The summed E-state index contributed by atoms with van der Waals surface area (Å²) in [5.74, 6) is -1.46. The van der Waals surface area contributed by atoms with Gasteiger partial charge in [0, 0.05) is 10.9 Å². The summed E-state index contributed by atoms with van der Waals surface area (Å²) in [4.78, 5) is 36.4. The zero-order valence-electron chi connectivity index (χ0n) is 11.6. The monoisotopic (exact) mass is 289 g/mol. The van der Waals surface area contributed by atoms with Crippen LogP contribution in [0.3, 0.4) is 0 Å². The number of rotatable bonds is 3. The van der Waals surface area contributed by atoms with Gasteiger partial charge >= 0.3 is 12.0 Å². The predicted octanol–water partition coefficient (Wildman–Crippen LogP) is 1.14. The summed E-state index contributed by atoms with van der Waals surface area (Å²) in [6, 6.07) is 4.59. The van der Waals surface area contributed by atoms with Crippen molar-refractivity contribution in [2.75, 3.05) is 6.61 Å². The number of primary amides is 1. The Balaban J connectivity index is 2.11. The molecule has 0 saturated heterocycles. The molecule has 0 unspecified atom stereocenters. The molecule has 1 aromatic carbocycles. The van der Waals surface area contributed by atoms with Gasteiger partial charge in [-0.3, -0.25) is 10.1 Å². The molecule has 1 heterocycles. The van der Waals surface area contributed by atoms with E-state index < -0.39 is 24.5 Å². The van der Waals surface area contributed by atoms with Gasteiger partial charge in [-0.1, -0.05) is 6.07 Å². The number of aryl methyl sites for hydroxylation is 2. The third-order valence-corrected chi connectivity index (χ3v) is 2.91. The van der Waals surface area contributed by atoms with Crippen molar-refractivity contribution >= 4 is 28.8 Å². The van der Waals surface area contributed by atoms with E-state index in [1.54, 1.807) is 11.4 Å². The molecular formula is C14H15N3O4. The van der Waals surface area contributed by atoms with E-state index in [0.717, 1.165) is 22.0 Å². The number of ether oxygens (including phenoxy) is 1. The molecule has 0 aliphatic heterocycles. The van der Waals surface area contributed by atoms with Crippen molar-refractivity contribution in [3.63, 3.8) is 0 Å². The minimum Gasteiger partial charge on any atom is -0.451 e. The van der Waals surface area contributed by atoms with Crippen molar-refractivity contribution in [2.45, 2.75) is 13.8 Å². The number of carbonyl (C=O) groups excluding carboxylic acids is 3.